The Kier molecular flexibility index (Phi) is 2.34. The second-order valence-corrected chi connectivity index (χ2v) is 5.53. The van der Waals surface area contributed by atoms with E-state index in [1.807, 2.05) is 7.05 Å². The van der Waals surface area contributed by atoms with Crippen LogP contribution in [0.25, 0.3) is 0 Å². The third-order valence-electron chi connectivity index (χ3n) is 3.54. The molecule has 0 aliphatic heterocycles. The van der Waals surface area contributed by atoms with Gasteiger partial charge in [0.25, 0.3) is 0 Å². The predicted octanol–water partition coefficient (Wildman–Crippen LogP) is 0.931. The molecule has 0 aromatic carbocycles. The Balaban J connectivity index is 1.83. The summed E-state index contributed by atoms with van der Waals surface area (Å²) in [4.78, 5) is 0. The number of hydrogen-bond donors (Lipinski definition) is 1. The van der Waals surface area contributed by atoms with Crippen LogP contribution in [0.15, 0.2) is 10.3 Å². The van der Waals surface area contributed by atoms with Crippen molar-refractivity contribution in [3.8, 4) is 0 Å². The largest absolute Gasteiger partial charge is 0.411 e. The third kappa shape index (κ3) is 1.41. The maximum atomic E-state index is 9.07. The van der Waals surface area contributed by atoms with E-state index in [0.717, 1.165) is 23.7 Å². The van der Waals surface area contributed by atoms with Crippen molar-refractivity contribution in [3.05, 3.63) is 0 Å². The van der Waals surface area contributed by atoms with E-state index in [9.17, 15) is 0 Å². The van der Waals surface area contributed by atoms with E-state index in [0.29, 0.717) is 11.8 Å². The molecule has 1 N–H and O–H groups in total. The fourth-order valence-corrected chi connectivity index (χ4v) is 4.06. The zero-order chi connectivity index (χ0) is 11.1. The van der Waals surface area contributed by atoms with Crippen LogP contribution in [-0.2, 0) is 7.05 Å². The second kappa shape index (κ2) is 3.73. The molecule has 2 saturated carbocycles. The molecule has 0 unspecified atom stereocenters. The van der Waals surface area contributed by atoms with Crippen molar-refractivity contribution in [1.82, 2.24) is 20.2 Å². The Hall–Kier alpha value is -1.11. The highest BCUT2D eigenvalue weighted by Crippen LogP contribution is 2.48. The number of hydrogen-bond acceptors (Lipinski definition) is 6. The van der Waals surface area contributed by atoms with E-state index in [-0.39, 0.29) is 5.25 Å². The molecule has 3 atom stereocenters. The van der Waals surface area contributed by atoms with Crippen LogP contribution >= 0.6 is 11.8 Å². The molecular formula is C9H13N5OS. The van der Waals surface area contributed by atoms with Crippen LogP contribution in [0.2, 0.25) is 0 Å². The first-order chi connectivity index (χ1) is 7.79. The number of tetrazole rings is 1. The molecule has 2 aliphatic rings. The van der Waals surface area contributed by atoms with Gasteiger partial charge in [0.1, 0.15) is 0 Å². The van der Waals surface area contributed by atoms with Crippen molar-refractivity contribution in [2.45, 2.75) is 29.7 Å². The summed E-state index contributed by atoms with van der Waals surface area (Å²) in [5, 5.41) is 25.0. The van der Waals surface area contributed by atoms with Gasteiger partial charge in [0.15, 0.2) is 0 Å². The molecule has 2 fully saturated rings. The van der Waals surface area contributed by atoms with Gasteiger partial charge in [-0.05, 0) is 35.6 Å². The average molecular weight is 239 g/mol. The van der Waals surface area contributed by atoms with E-state index in [1.165, 1.54) is 6.42 Å². The van der Waals surface area contributed by atoms with Crippen molar-refractivity contribution in [2.24, 2.45) is 24.0 Å². The van der Waals surface area contributed by atoms with Crippen LogP contribution < -0.4 is 0 Å². The zero-order valence-corrected chi connectivity index (χ0v) is 9.76. The van der Waals surface area contributed by atoms with E-state index in [1.54, 1.807) is 16.4 Å². The minimum atomic E-state index is 0.258. The molecule has 1 aromatic rings. The summed E-state index contributed by atoms with van der Waals surface area (Å²) in [6.45, 7) is 0. The molecule has 0 spiro atoms. The lowest BCUT2D eigenvalue weighted by molar-refractivity contribution is 0.314. The SMILES string of the molecule is Cn1nnnc1S[C@@H]1/C(=N/O)[C@H]2CC[C@H]1C2. The van der Waals surface area contributed by atoms with Crippen molar-refractivity contribution in [3.63, 3.8) is 0 Å². The first kappa shape index (κ1) is 10.1. The first-order valence-corrected chi connectivity index (χ1v) is 6.28. The van der Waals surface area contributed by atoms with E-state index in [4.69, 9.17) is 5.21 Å². The molecule has 1 heterocycles. The molecule has 0 saturated heterocycles. The van der Waals surface area contributed by atoms with E-state index < -0.39 is 0 Å². The number of fused-ring (bicyclic) bond motifs is 2. The highest BCUT2D eigenvalue weighted by Gasteiger charge is 2.46. The maximum absolute atomic E-state index is 9.07. The minimum absolute atomic E-state index is 0.258. The van der Waals surface area contributed by atoms with Crippen molar-refractivity contribution in [2.75, 3.05) is 0 Å². The summed E-state index contributed by atoms with van der Waals surface area (Å²) >= 11 is 1.62. The van der Waals surface area contributed by atoms with Crippen LogP contribution in [-0.4, -0.2) is 36.4 Å². The lowest BCUT2D eigenvalue weighted by Gasteiger charge is -2.20. The molecule has 3 rings (SSSR count). The van der Waals surface area contributed by atoms with Gasteiger partial charge in [-0.15, -0.1) is 5.10 Å². The molecule has 0 radical (unpaired) electrons. The quantitative estimate of drug-likeness (QED) is 0.613. The fourth-order valence-electron chi connectivity index (χ4n) is 2.76. The normalized spacial score (nSPS) is 35.1. The molecule has 1 aromatic heterocycles. The number of nitrogens with zero attached hydrogens (tertiary/aromatic N) is 5. The van der Waals surface area contributed by atoms with Gasteiger partial charge in [0.05, 0.1) is 11.0 Å². The van der Waals surface area contributed by atoms with Crippen LogP contribution in [0.4, 0.5) is 0 Å². The number of aryl methyl sites for hydroxylation is 1. The average Bonchev–Trinajstić information content (AvgIpc) is 2.95. The van der Waals surface area contributed by atoms with Crippen molar-refractivity contribution < 1.29 is 5.21 Å². The highest BCUT2D eigenvalue weighted by molar-refractivity contribution is 8.00. The monoisotopic (exact) mass is 239 g/mol. The van der Waals surface area contributed by atoms with Gasteiger partial charge in [-0.1, -0.05) is 16.9 Å². The van der Waals surface area contributed by atoms with E-state index in [2.05, 4.69) is 20.7 Å². The molecule has 2 bridgehead atoms. The second-order valence-electron chi connectivity index (χ2n) is 4.42. The van der Waals surface area contributed by atoms with E-state index >= 15 is 0 Å². The van der Waals surface area contributed by atoms with Crippen LogP contribution in [0.1, 0.15) is 19.3 Å². The summed E-state index contributed by atoms with van der Waals surface area (Å²) in [7, 11) is 1.82. The number of aromatic nitrogens is 4. The lowest BCUT2D eigenvalue weighted by atomic mass is 9.98. The summed E-state index contributed by atoms with van der Waals surface area (Å²) in [6, 6.07) is 0. The zero-order valence-electron chi connectivity index (χ0n) is 8.94. The molecule has 7 heteroatoms. The number of thioether (sulfide) groups is 1. The van der Waals surface area contributed by atoms with Gasteiger partial charge in [-0.25, -0.2) is 4.68 Å². The Labute approximate surface area is 97.1 Å². The van der Waals surface area contributed by atoms with Gasteiger partial charge in [-0.3, -0.25) is 0 Å². The van der Waals surface area contributed by atoms with Crippen LogP contribution in [0.3, 0.4) is 0 Å². The van der Waals surface area contributed by atoms with Crippen LogP contribution in [0.5, 0.6) is 0 Å². The maximum Gasteiger partial charge on any atom is 0.209 e. The molecule has 86 valence electrons. The minimum Gasteiger partial charge on any atom is -0.411 e. The Bertz CT molecular complexity index is 431. The molecule has 16 heavy (non-hydrogen) atoms. The standard InChI is InChI=1S/C9H13N5OS/c1-14-9(10-12-13-14)16-8-6-3-2-5(4-6)7(8)11-15/h5-6,8,15H,2-4H2,1H3/b11-7+/t5-,6-,8-/m0/s1. The highest BCUT2D eigenvalue weighted by atomic mass is 32.2. The van der Waals surface area contributed by atoms with Gasteiger partial charge in [0, 0.05) is 13.0 Å². The first-order valence-electron chi connectivity index (χ1n) is 5.40. The summed E-state index contributed by atoms with van der Waals surface area (Å²) in [6.07, 6.45) is 3.55. The van der Waals surface area contributed by atoms with Crippen molar-refractivity contribution >= 4 is 17.5 Å². The smallest absolute Gasteiger partial charge is 0.209 e. The number of oxime groups is 1. The fraction of sp³-hybridized carbons (Fsp3) is 0.778. The Morgan fingerprint density at radius 3 is 3.06 bits per heavy atom. The van der Waals surface area contributed by atoms with Crippen molar-refractivity contribution in [1.29, 1.82) is 0 Å². The molecule has 0 amide bonds. The molecular weight excluding hydrogens is 226 g/mol. The van der Waals surface area contributed by atoms with Gasteiger partial charge in [0.2, 0.25) is 5.16 Å². The van der Waals surface area contributed by atoms with Gasteiger partial charge < -0.3 is 5.21 Å². The Morgan fingerprint density at radius 1 is 1.50 bits per heavy atom. The number of rotatable bonds is 2. The Morgan fingerprint density at radius 2 is 2.38 bits per heavy atom. The third-order valence-corrected chi connectivity index (χ3v) is 4.98. The summed E-state index contributed by atoms with van der Waals surface area (Å²) in [5.41, 5.74) is 0.934. The molecule has 6 nitrogen and oxygen atoms in total. The summed E-state index contributed by atoms with van der Waals surface area (Å²) in [5.74, 6) is 1.10. The summed E-state index contributed by atoms with van der Waals surface area (Å²) < 4.78 is 1.66. The van der Waals surface area contributed by atoms with Gasteiger partial charge >= 0.3 is 0 Å². The topological polar surface area (TPSA) is 76.2 Å². The predicted molar refractivity (Wildman–Crippen MR) is 58.5 cm³/mol. The molecule has 2 aliphatic carbocycles. The van der Waals surface area contributed by atoms with Gasteiger partial charge in [-0.2, -0.15) is 0 Å². The van der Waals surface area contributed by atoms with Crippen LogP contribution in [0, 0.1) is 11.8 Å². The lowest BCUT2D eigenvalue weighted by Crippen LogP contribution is -2.25.